The molecule has 5 nitrogen and oxygen atoms in total. The van der Waals surface area contributed by atoms with Crippen LogP contribution in [0.25, 0.3) is 0 Å². The lowest BCUT2D eigenvalue weighted by Crippen LogP contribution is -2.51. The SMILES string of the molecule is CCC(CC)(CNC(=O)C1(C)CCCNC1)C(=O)O. The Morgan fingerprint density at radius 1 is 1.37 bits per heavy atom. The highest BCUT2D eigenvalue weighted by Gasteiger charge is 2.39. The molecule has 1 unspecified atom stereocenters. The Balaban J connectivity index is 2.64. The van der Waals surface area contributed by atoms with E-state index in [0.29, 0.717) is 19.4 Å². The summed E-state index contributed by atoms with van der Waals surface area (Å²) in [4.78, 5) is 23.7. The van der Waals surface area contributed by atoms with E-state index in [0.717, 1.165) is 19.4 Å². The minimum Gasteiger partial charge on any atom is -0.481 e. The minimum atomic E-state index is -0.839. The van der Waals surface area contributed by atoms with Gasteiger partial charge in [-0.25, -0.2) is 0 Å². The van der Waals surface area contributed by atoms with E-state index in [1.165, 1.54) is 0 Å². The molecule has 0 aromatic rings. The van der Waals surface area contributed by atoms with Gasteiger partial charge < -0.3 is 15.7 Å². The maximum Gasteiger partial charge on any atom is 0.311 e. The third kappa shape index (κ3) is 3.47. The average molecular weight is 270 g/mol. The number of amides is 1. The van der Waals surface area contributed by atoms with Crippen molar-refractivity contribution in [1.82, 2.24) is 10.6 Å². The molecule has 1 heterocycles. The summed E-state index contributed by atoms with van der Waals surface area (Å²) in [7, 11) is 0. The summed E-state index contributed by atoms with van der Waals surface area (Å²) < 4.78 is 0. The van der Waals surface area contributed by atoms with Crippen molar-refractivity contribution in [3.05, 3.63) is 0 Å². The third-order valence-corrected chi connectivity index (χ3v) is 4.54. The molecule has 0 aliphatic carbocycles. The van der Waals surface area contributed by atoms with Gasteiger partial charge in [0, 0.05) is 13.1 Å². The Bertz CT molecular complexity index is 332. The molecule has 0 aromatic carbocycles. The molecule has 1 rings (SSSR count). The van der Waals surface area contributed by atoms with Crippen molar-refractivity contribution in [3.8, 4) is 0 Å². The molecule has 19 heavy (non-hydrogen) atoms. The molecule has 1 aliphatic heterocycles. The number of rotatable bonds is 6. The number of carboxylic acid groups (broad SMARTS) is 1. The second-order valence-corrected chi connectivity index (χ2v) is 5.82. The monoisotopic (exact) mass is 270 g/mol. The first kappa shape index (κ1) is 16.0. The van der Waals surface area contributed by atoms with Crippen molar-refractivity contribution in [2.45, 2.75) is 46.5 Å². The van der Waals surface area contributed by atoms with E-state index in [1.807, 2.05) is 20.8 Å². The Kier molecular flexibility index (Phi) is 5.35. The van der Waals surface area contributed by atoms with Crippen molar-refractivity contribution < 1.29 is 14.7 Å². The summed E-state index contributed by atoms with van der Waals surface area (Å²) in [6.45, 7) is 7.48. The fourth-order valence-corrected chi connectivity index (χ4v) is 2.59. The van der Waals surface area contributed by atoms with Crippen LogP contribution in [0.1, 0.15) is 46.5 Å². The first-order chi connectivity index (χ1) is 8.90. The van der Waals surface area contributed by atoms with Crippen molar-refractivity contribution in [3.63, 3.8) is 0 Å². The van der Waals surface area contributed by atoms with Crippen LogP contribution in [0.3, 0.4) is 0 Å². The minimum absolute atomic E-state index is 0.0350. The topological polar surface area (TPSA) is 78.4 Å². The molecule has 0 spiro atoms. The van der Waals surface area contributed by atoms with Crippen molar-refractivity contribution >= 4 is 11.9 Å². The van der Waals surface area contributed by atoms with Gasteiger partial charge in [-0.1, -0.05) is 13.8 Å². The van der Waals surface area contributed by atoms with Crippen LogP contribution in [0.4, 0.5) is 0 Å². The molecule has 0 aromatic heterocycles. The first-order valence-electron chi connectivity index (χ1n) is 7.12. The first-order valence-corrected chi connectivity index (χ1v) is 7.12. The van der Waals surface area contributed by atoms with Gasteiger partial charge in [0.05, 0.1) is 10.8 Å². The van der Waals surface area contributed by atoms with E-state index in [4.69, 9.17) is 0 Å². The second-order valence-electron chi connectivity index (χ2n) is 5.82. The summed E-state index contributed by atoms with van der Waals surface area (Å²) in [5.74, 6) is -0.864. The second kappa shape index (κ2) is 6.37. The van der Waals surface area contributed by atoms with Gasteiger partial charge in [-0.3, -0.25) is 9.59 Å². The zero-order valence-electron chi connectivity index (χ0n) is 12.2. The summed E-state index contributed by atoms with van der Waals surface area (Å²) in [5, 5.41) is 15.4. The number of nitrogens with one attached hydrogen (secondary N) is 2. The number of piperidine rings is 1. The molecule has 1 saturated heterocycles. The number of aliphatic carboxylic acids is 1. The van der Waals surface area contributed by atoms with Gasteiger partial charge >= 0.3 is 5.97 Å². The highest BCUT2D eigenvalue weighted by molar-refractivity contribution is 5.83. The molecule has 1 amide bonds. The van der Waals surface area contributed by atoms with Gasteiger partial charge in [0.15, 0.2) is 0 Å². The van der Waals surface area contributed by atoms with E-state index >= 15 is 0 Å². The van der Waals surface area contributed by atoms with Crippen molar-refractivity contribution in [1.29, 1.82) is 0 Å². The highest BCUT2D eigenvalue weighted by atomic mass is 16.4. The molecule has 0 saturated carbocycles. The Hall–Kier alpha value is -1.10. The molecule has 0 radical (unpaired) electrons. The third-order valence-electron chi connectivity index (χ3n) is 4.54. The Morgan fingerprint density at radius 3 is 2.42 bits per heavy atom. The Morgan fingerprint density at radius 2 is 2.00 bits per heavy atom. The molecule has 1 aliphatic rings. The van der Waals surface area contributed by atoms with Crippen LogP contribution in [0.15, 0.2) is 0 Å². The molecule has 0 bridgehead atoms. The van der Waals surface area contributed by atoms with Crippen molar-refractivity contribution in [2.75, 3.05) is 19.6 Å². The molecular formula is C14H26N2O3. The molecular weight excluding hydrogens is 244 g/mol. The zero-order valence-corrected chi connectivity index (χ0v) is 12.2. The summed E-state index contributed by atoms with van der Waals surface area (Å²) in [6, 6.07) is 0. The summed E-state index contributed by atoms with van der Waals surface area (Å²) in [5.41, 5.74) is -1.25. The summed E-state index contributed by atoms with van der Waals surface area (Å²) in [6.07, 6.45) is 2.88. The highest BCUT2D eigenvalue weighted by Crippen LogP contribution is 2.28. The number of carbonyl (C=O) groups is 2. The van der Waals surface area contributed by atoms with Crippen LogP contribution in [0, 0.1) is 10.8 Å². The molecule has 5 heteroatoms. The lowest BCUT2D eigenvalue weighted by Gasteiger charge is -2.34. The maximum absolute atomic E-state index is 12.3. The largest absolute Gasteiger partial charge is 0.481 e. The predicted octanol–water partition coefficient (Wildman–Crippen LogP) is 1.38. The van der Waals surface area contributed by atoms with E-state index in [9.17, 15) is 14.7 Å². The zero-order chi connectivity index (χ0) is 14.5. The number of hydrogen-bond acceptors (Lipinski definition) is 3. The van der Waals surface area contributed by atoms with Gasteiger partial charge in [-0.15, -0.1) is 0 Å². The lowest BCUT2D eigenvalue weighted by molar-refractivity contribution is -0.149. The number of hydrogen-bond donors (Lipinski definition) is 3. The molecule has 110 valence electrons. The predicted molar refractivity (Wildman–Crippen MR) is 73.9 cm³/mol. The fraction of sp³-hybridized carbons (Fsp3) is 0.857. The Labute approximate surface area is 115 Å². The standard InChI is InChI=1S/C14H26N2O3/c1-4-14(5-2,12(18)19)10-16-11(17)13(3)7-6-8-15-9-13/h15H,4-10H2,1-3H3,(H,16,17)(H,18,19). The quantitative estimate of drug-likeness (QED) is 0.681. The van der Waals surface area contributed by atoms with Gasteiger partial charge in [-0.2, -0.15) is 0 Å². The van der Waals surface area contributed by atoms with Crippen molar-refractivity contribution in [2.24, 2.45) is 10.8 Å². The van der Waals surface area contributed by atoms with Gasteiger partial charge in [0.25, 0.3) is 0 Å². The maximum atomic E-state index is 12.3. The fourth-order valence-electron chi connectivity index (χ4n) is 2.59. The molecule has 1 fully saturated rings. The van der Waals surface area contributed by atoms with E-state index < -0.39 is 16.8 Å². The van der Waals surface area contributed by atoms with E-state index in [-0.39, 0.29) is 12.5 Å². The van der Waals surface area contributed by atoms with Gasteiger partial charge in [0.1, 0.15) is 0 Å². The van der Waals surface area contributed by atoms with Gasteiger partial charge in [-0.05, 0) is 39.2 Å². The van der Waals surface area contributed by atoms with E-state index in [1.54, 1.807) is 0 Å². The van der Waals surface area contributed by atoms with Crippen LogP contribution in [0.5, 0.6) is 0 Å². The van der Waals surface area contributed by atoms with Crippen LogP contribution in [-0.4, -0.2) is 36.6 Å². The molecule has 3 N–H and O–H groups in total. The number of carbonyl (C=O) groups excluding carboxylic acids is 1. The van der Waals surface area contributed by atoms with Crippen LogP contribution in [-0.2, 0) is 9.59 Å². The summed E-state index contributed by atoms with van der Waals surface area (Å²) >= 11 is 0. The normalized spacial score (nSPS) is 23.9. The van der Waals surface area contributed by atoms with Crippen LogP contribution >= 0.6 is 0 Å². The van der Waals surface area contributed by atoms with Gasteiger partial charge in [0.2, 0.25) is 5.91 Å². The molecule has 1 atom stereocenters. The number of carboxylic acids is 1. The van der Waals surface area contributed by atoms with E-state index in [2.05, 4.69) is 10.6 Å². The smallest absolute Gasteiger partial charge is 0.311 e. The van der Waals surface area contributed by atoms with Crippen LogP contribution in [0.2, 0.25) is 0 Å². The average Bonchev–Trinajstić information content (AvgIpc) is 2.40. The lowest BCUT2D eigenvalue weighted by atomic mass is 9.79. The van der Waals surface area contributed by atoms with Crippen LogP contribution < -0.4 is 10.6 Å².